The number of amides is 1. The summed E-state index contributed by atoms with van der Waals surface area (Å²) in [4.78, 5) is 27.1. The third kappa shape index (κ3) is 2.99. The van der Waals surface area contributed by atoms with Gasteiger partial charge in [0.2, 0.25) is 0 Å². The molecule has 0 fully saturated rings. The Morgan fingerprint density at radius 1 is 1.33 bits per heavy atom. The van der Waals surface area contributed by atoms with E-state index in [0.29, 0.717) is 17.7 Å². The Bertz CT molecular complexity index is 841. The fourth-order valence-corrected chi connectivity index (χ4v) is 3.53. The first kappa shape index (κ1) is 16.5. The van der Waals surface area contributed by atoms with Gasteiger partial charge in [-0.3, -0.25) is 9.59 Å². The van der Waals surface area contributed by atoms with Crippen LogP contribution in [0.5, 0.6) is 0 Å². The van der Waals surface area contributed by atoms with Gasteiger partial charge >= 0.3 is 0 Å². The smallest absolute Gasteiger partial charge is 0.261 e. The van der Waals surface area contributed by atoms with E-state index >= 15 is 0 Å². The molecule has 1 amide bonds. The van der Waals surface area contributed by atoms with Crippen molar-refractivity contribution in [3.8, 4) is 0 Å². The van der Waals surface area contributed by atoms with E-state index in [1.54, 1.807) is 19.9 Å². The molecule has 1 aliphatic carbocycles. The van der Waals surface area contributed by atoms with Gasteiger partial charge in [-0.1, -0.05) is 24.3 Å². The molecule has 0 bridgehead atoms. The maximum atomic E-state index is 12.5. The van der Waals surface area contributed by atoms with Crippen LogP contribution in [-0.4, -0.2) is 22.5 Å². The Labute approximate surface area is 140 Å². The van der Waals surface area contributed by atoms with Crippen molar-refractivity contribution in [1.29, 1.82) is 0 Å². The standard InChI is InChI=1S/C19H22N2O3/c1-12-10-13(2)21-18(23)16(12)17(22)20-11-19(24)9-5-7-14-6-3-4-8-15(14)19/h3-4,6,8,10,24H,5,7,9,11H2,1-2H3,(H,20,22)(H,21,23). The summed E-state index contributed by atoms with van der Waals surface area (Å²) in [5.41, 5.74) is 1.94. The Balaban J connectivity index is 1.82. The zero-order valence-corrected chi connectivity index (χ0v) is 14.0. The largest absolute Gasteiger partial charge is 0.383 e. The van der Waals surface area contributed by atoms with Gasteiger partial charge in [-0.2, -0.15) is 0 Å². The lowest BCUT2D eigenvalue weighted by Gasteiger charge is -2.34. The molecule has 5 heteroatoms. The maximum Gasteiger partial charge on any atom is 0.261 e. The lowest BCUT2D eigenvalue weighted by Crippen LogP contribution is -2.44. The van der Waals surface area contributed by atoms with Crippen LogP contribution < -0.4 is 10.9 Å². The molecular formula is C19H22N2O3. The number of aryl methyl sites for hydroxylation is 3. The van der Waals surface area contributed by atoms with E-state index in [0.717, 1.165) is 24.0 Å². The Morgan fingerprint density at radius 2 is 2.08 bits per heavy atom. The number of aromatic nitrogens is 1. The van der Waals surface area contributed by atoms with Crippen LogP contribution in [0.25, 0.3) is 0 Å². The van der Waals surface area contributed by atoms with Crippen LogP contribution in [0.3, 0.4) is 0 Å². The predicted molar refractivity (Wildman–Crippen MR) is 92.1 cm³/mol. The van der Waals surface area contributed by atoms with Gasteiger partial charge in [0, 0.05) is 5.69 Å². The molecule has 0 saturated carbocycles. The second-order valence-electron chi connectivity index (χ2n) is 6.56. The van der Waals surface area contributed by atoms with E-state index in [1.165, 1.54) is 0 Å². The maximum absolute atomic E-state index is 12.5. The molecule has 24 heavy (non-hydrogen) atoms. The zero-order chi connectivity index (χ0) is 17.3. The van der Waals surface area contributed by atoms with Gasteiger partial charge in [0.05, 0.1) is 6.54 Å². The van der Waals surface area contributed by atoms with Crippen molar-refractivity contribution < 1.29 is 9.90 Å². The van der Waals surface area contributed by atoms with Crippen molar-refractivity contribution in [1.82, 2.24) is 10.3 Å². The Hall–Kier alpha value is -2.40. The van der Waals surface area contributed by atoms with E-state index in [2.05, 4.69) is 10.3 Å². The minimum atomic E-state index is -1.09. The lowest BCUT2D eigenvalue weighted by molar-refractivity contribution is 0.0189. The van der Waals surface area contributed by atoms with E-state index in [9.17, 15) is 14.7 Å². The number of aliphatic hydroxyl groups is 1. The molecule has 1 aliphatic rings. The van der Waals surface area contributed by atoms with Crippen LogP contribution in [0, 0.1) is 13.8 Å². The van der Waals surface area contributed by atoms with E-state index in [1.807, 2.05) is 24.3 Å². The first-order chi connectivity index (χ1) is 11.4. The average molecular weight is 326 g/mol. The first-order valence-corrected chi connectivity index (χ1v) is 8.20. The molecule has 1 aromatic carbocycles. The molecule has 3 rings (SSSR count). The van der Waals surface area contributed by atoms with Crippen molar-refractivity contribution in [2.45, 2.75) is 38.7 Å². The fourth-order valence-electron chi connectivity index (χ4n) is 3.53. The third-order valence-electron chi connectivity index (χ3n) is 4.69. The molecule has 1 heterocycles. The number of aromatic amines is 1. The topological polar surface area (TPSA) is 82.2 Å². The summed E-state index contributed by atoms with van der Waals surface area (Å²) in [6.07, 6.45) is 2.39. The minimum Gasteiger partial charge on any atom is -0.383 e. The molecule has 3 N–H and O–H groups in total. The molecule has 2 aromatic rings. The summed E-state index contributed by atoms with van der Waals surface area (Å²) in [5, 5.41) is 13.7. The predicted octanol–water partition coefficient (Wildman–Crippen LogP) is 1.95. The van der Waals surface area contributed by atoms with E-state index in [4.69, 9.17) is 0 Å². The number of nitrogens with one attached hydrogen (secondary N) is 2. The molecule has 1 unspecified atom stereocenters. The summed E-state index contributed by atoms with van der Waals surface area (Å²) >= 11 is 0. The first-order valence-electron chi connectivity index (χ1n) is 8.20. The highest BCUT2D eigenvalue weighted by molar-refractivity contribution is 5.95. The lowest BCUT2D eigenvalue weighted by atomic mass is 9.79. The number of H-pyrrole nitrogens is 1. The summed E-state index contributed by atoms with van der Waals surface area (Å²) in [6.45, 7) is 3.61. The molecule has 1 aromatic heterocycles. The minimum absolute atomic E-state index is 0.0929. The average Bonchev–Trinajstić information content (AvgIpc) is 2.53. The highest BCUT2D eigenvalue weighted by Crippen LogP contribution is 2.34. The van der Waals surface area contributed by atoms with Gasteiger partial charge in [0.1, 0.15) is 11.2 Å². The van der Waals surface area contributed by atoms with Crippen LogP contribution in [0.4, 0.5) is 0 Å². The van der Waals surface area contributed by atoms with Crippen LogP contribution >= 0.6 is 0 Å². The molecule has 0 spiro atoms. The second-order valence-corrected chi connectivity index (χ2v) is 6.56. The number of carbonyl (C=O) groups is 1. The highest BCUT2D eigenvalue weighted by atomic mass is 16.3. The second kappa shape index (κ2) is 6.24. The monoisotopic (exact) mass is 326 g/mol. The molecule has 1 atom stereocenters. The number of rotatable bonds is 3. The van der Waals surface area contributed by atoms with Gasteiger partial charge in [0.15, 0.2) is 0 Å². The fraction of sp³-hybridized carbons (Fsp3) is 0.368. The van der Waals surface area contributed by atoms with Crippen LogP contribution in [0.15, 0.2) is 35.1 Å². The molecule has 5 nitrogen and oxygen atoms in total. The van der Waals surface area contributed by atoms with E-state index < -0.39 is 17.1 Å². The third-order valence-corrected chi connectivity index (χ3v) is 4.69. The molecule has 0 aliphatic heterocycles. The van der Waals surface area contributed by atoms with Gasteiger partial charge in [-0.25, -0.2) is 0 Å². The molecule has 0 saturated heterocycles. The zero-order valence-electron chi connectivity index (χ0n) is 14.0. The van der Waals surface area contributed by atoms with Crippen molar-refractivity contribution in [2.75, 3.05) is 6.54 Å². The molecular weight excluding hydrogens is 304 g/mol. The van der Waals surface area contributed by atoms with E-state index in [-0.39, 0.29) is 12.1 Å². The number of benzene rings is 1. The number of hydrogen-bond donors (Lipinski definition) is 3. The SMILES string of the molecule is Cc1cc(C)c(C(=O)NCC2(O)CCCc3ccccc32)c(=O)[nH]1. The quantitative estimate of drug-likeness (QED) is 0.806. The van der Waals surface area contributed by atoms with Crippen LogP contribution in [0.2, 0.25) is 0 Å². The van der Waals surface area contributed by atoms with Crippen molar-refractivity contribution in [2.24, 2.45) is 0 Å². The van der Waals surface area contributed by atoms with Crippen LogP contribution in [-0.2, 0) is 12.0 Å². The van der Waals surface area contributed by atoms with Crippen LogP contribution in [0.1, 0.15) is 45.6 Å². The van der Waals surface area contributed by atoms with Crippen molar-refractivity contribution in [3.05, 3.63) is 68.6 Å². The molecule has 0 radical (unpaired) electrons. The Morgan fingerprint density at radius 3 is 2.83 bits per heavy atom. The summed E-state index contributed by atoms with van der Waals surface area (Å²) in [6, 6.07) is 9.53. The van der Waals surface area contributed by atoms with Gasteiger partial charge in [0.25, 0.3) is 11.5 Å². The number of pyridine rings is 1. The number of carbonyl (C=O) groups excluding carboxylic acids is 1. The summed E-state index contributed by atoms with van der Waals surface area (Å²) in [5.74, 6) is -0.453. The Kier molecular flexibility index (Phi) is 4.28. The highest BCUT2D eigenvalue weighted by Gasteiger charge is 2.34. The van der Waals surface area contributed by atoms with Crippen molar-refractivity contribution >= 4 is 5.91 Å². The summed E-state index contributed by atoms with van der Waals surface area (Å²) < 4.78 is 0. The van der Waals surface area contributed by atoms with Gasteiger partial charge in [-0.05, 0) is 55.9 Å². The normalized spacial score (nSPS) is 19.6. The van der Waals surface area contributed by atoms with Gasteiger partial charge in [-0.15, -0.1) is 0 Å². The summed E-state index contributed by atoms with van der Waals surface area (Å²) in [7, 11) is 0. The van der Waals surface area contributed by atoms with Crippen molar-refractivity contribution in [3.63, 3.8) is 0 Å². The number of hydrogen-bond acceptors (Lipinski definition) is 3. The number of fused-ring (bicyclic) bond motifs is 1. The molecule has 126 valence electrons. The van der Waals surface area contributed by atoms with Gasteiger partial charge < -0.3 is 15.4 Å².